The molecule has 1 saturated heterocycles. The Balaban J connectivity index is 1.89. The lowest BCUT2D eigenvalue weighted by Gasteiger charge is -2.33. The maximum atomic E-state index is 11.5. The van der Waals surface area contributed by atoms with E-state index < -0.39 is 0 Å². The first-order chi connectivity index (χ1) is 7.77. The number of rotatable bonds is 4. The molecule has 88 valence electrons. The molecule has 1 fully saturated rings. The average Bonchev–Trinajstić information content (AvgIpc) is 2.79. The van der Waals surface area contributed by atoms with E-state index in [-0.39, 0.29) is 6.04 Å². The van der Waals surface area contributed by atoms with Gasteiger partial charge in [-0.1, -0.05) is 6.42 Å². The molecular formula is C12H19N3O. The number of hydrogen-bond acceptors (Lipinski definition) is 3. The Labute approximate surface area is 96.2 Å². The summed E-state index contributed by atoms with van der Waals surface area (Å²) in [5, 5.41) is 4.18. The number of aromatic nitrogens is 2. The lowest BCUT2D eigenvalue weighted by atomic mass is 9.99. The Hall–Kier alpha value is -1.16. The summed E-state index contributed by atoms with van der Waals surface area (Å²) in [6, 6.07) is 2.07. The van der Waals surface area contributed by atoms with Crippen molar-refractivity contribution in [2.75, 3.05) is 13.1 Å². The number of piperidine rings is 1. The van der Waals surface area contributed by atoms with Crippen LogP contribution >= 0.6 is 0 Å². The van der Waals surface area contributed by atoms with Gasteiger partial charge in [0.05, 0.1) is 12.6 Å². The molecule has 1 aliphatic heterocycles. The minimum absolute atomic E-state index is 0.143. The highest BCUT2D eigenvalue weighted by atomic mass is 16.1. The monoisotopic (exact) mass is 221 g/mol. The van der Waals surface area contributed by atoms with E-state index in [0.717, 1.165) is 26.1 Å². The summed E-state index contributed by atoms with van der Waals surface area (Å²) in [5.41, 5.74) is 0. The van der Waals surface area contributed by atoms with Crippen molar-refractivity contribution >= 4 is 5.78 Å². The number of carbonyl (C=O) groups is 1. The zero-order valence-electron chi connectivity index (χ0n) is 9.80. The molecule has 1 aromatic rings. The number of ketones is 1. The van der Waals surface area contributed by atoms with Crippen LogP contribution in [0.25, 0.3) is 0 Å². The second-order valence-corrected chi connectivity index (χ2v) is 4.43. The van der Waals surface area contributed by atoms with E-state index in [2.05, 4.69) is 10.00 Å². The Morgan fingerprint density at radius 1 is 1.44 bits per heavy atom. The third-order valence-electron chi connectivity index (χ3n) is 3.26. The van der Waals surface area contributed by atoms with Gasteiger partial charge in [-0.3, -0.25) is 14.4 Å². The summed E-state index contributed by atoms with van der Waals surface area (Å²) >= 11 is 0. The van der Waals surface area contributed by atoms with Crippen LogP contribution in [-0.4, -0.2) is 39.6 Å². The van der Waals surface area contributed by atoms with Gasteiger partial charge in [-0.05, 0) is 32.4 Å². The van der Waals surface area contributed by atoms with Gasteiger partial charge in [0.1, 0.15) is 5.78 Å². The summed E-state index contributed by atoms with van der Waals surface area (Å²) in [6.45, 7) is 4.55. The molecule has 2 rings (SSSR count). The molecule has 0 radical (unpaired) electrons. The Morgan fingerprint density at radius 2 is 2.31 bits per heavy atom. The summed E-state index contributed by atoms with van der Waals surface area (Å²) in [4.78, 5) is 13.8. The molecule has 0 N–H and O–H groups in total. The van der Waals surface area contributed by atoms with Gasteiger partial charge in [0.15, 0.2) is 0 Å². The second-order valence-electron chi connectivity index (χ2n) is 4.43. The van der Waals surface area contributed by atoms with E-state index in [9.17, 15) is 4.79 Å². The van der Waals surface area contributed by atoms with Crippen LogP contribution in [0.1, 0.15) is 26.2 Å². The van der Waals surface area contributed by atoms with Crippen LogP contribution in [0.2, 0.25) is 0 Å². The fraction of sp³-hybridized carbons (Fsp3) is 0.667. The van der Waals surface area contributed by atoms with Gasteiger partial charge in [-0.15, -0.1) is 0 Å². The molecule has 0 saturated carbocycles. The van der Waals surface area contributed by atoms with Gasteiger partial charge in [0, 0.05) is 18.9 Å². The van der Waals surface area contributed by atoms with Gasteiger partial charge < -0.3 is 0 Å². The first kappa shape index (κ1) is 11.3. The fourth-order valence-electron chi connectivity index (χ4n) is 2.38. The molecule has 4 nitrogen and oxygen atoms in total. The molecule has 0 bridgehead atoms. The van der Waals surface area contributed by atoms with Crippen molar-refractivity contribution in [1.82, 2.24) is 14.7 Å². The molecule has 16 heavy (non-hydrogen) atoms. The predicted octanol–water partition coefficient (Wildman–Crippen LogP) is 1.33. The maximum absolute atomic E-state index is 11.5. The first-order valence-electron chi connectivity index (χ1n) is 5.99. The van der Waals surface area contributed by atoms with Crippen LogP contribution in [0, 0.1) is 0 Å². The molecule has 0 aliphatic carbocycles. The van der Waals surface area contributed by atoms with E-state index in [1.165, 1.54) is 12.8 Å². The summed E-state index contributed by atoms with van der Waals surface area (Å²) in [5.74, 6) is 0.306. The van der Waals surface area contributed by atoms with Crippen LogP contribution in [0.3, 0.4) is 0 Å². The highest BCUT2D eigenvalue weighted by molar-refractivity contribution is 5.81. The molecule has 1 aromatic heterocycles. The predicted molar refractivity (Wildman–Crippen MR) is 62.1 cm³/mol. The highest BCUT2D eigenvalue weighted by Gasteiger charge is 2.25. The Morgan fingerprint density at radius 3 is 3.00 bits per heavy atom. The zero-order valence-corrected chi connectivity index (χ0v) is 9.80. The smallest absolute Gasteiger partial charge is 0.146 e. The minimum atomic E-state index is 0.143. The number of Topliss-reactive ketones (excluding diaryl/α,β-unsaturated/α-hetero) is 1. The average molecular weight is 221 g/mol. The van der Waals surface area contributed by atoms with Gasteiger partial charge in [0.2, 0.25) is 0 Å². The Bertz CT molecular complexity index is 334. The zero-order chi connectivity index (χ0) is 11.4. The quantitative estimate of drug-likeness (QED) is 0.769. The lowest BCUT2D eigenvalue weighted by Crippen LogP contribution is -2.45. The van der Waals surface area contributed by atoms with Gasteiger partial charge >= 0.3 is 0 Å². The van der Waals surface area contributed by atoms with Gasteiger partial charge in [0.25, 0.3) is 0 Å². The van der Waals surface area contributed by atoms with Crippen molar-refractivity contribution in [2.45, 2.75) is 38.8 Å². The van der Waals surface area contributed by atoms with Crippen molar-refractivity contribution in [3.05, 3.63) is 18.5 Å². The number of nitrogens with zero attached hydrogens (tertiary/aromatic N) is 3. The standard InChI is InChI=1S/C12H19N3O/c1-11(16)12-5-2-3-7-14(12)9-10-15-8-4-6-13-15/h4,6,8,12H,2-3,5,7,9-10H2,1H3. The normalized spacial score (nSPS) is 22.2. The highest BCUT2D eigenvalue weighted by Crippen LogP contribution is 2.17. The van der Waals surface area contributed by atoms with Crippen molar-refractivity contribution in [2.24, 2.45) is 0 Å². The second kappa shape index (κ2) is 5.25. The molecule has 1 aliphatic rings. The molecule has 2 heterocycles. The van der Waals surface area contributed by atoms with Gasteiger partial charge in [-0.2, -0.15) is 5.10 Å². The van der Waals surface area contributed by atoms with Crippen molar-refractivity contribution < 1.29 is 4.79 Å². The van der Waals surface area contributed by atoms with Crippen molar-refractivity contribution in [3.63, 3.8) is 0 Å². The molecule has 0 amide bonds. The largest absolute Gasteiger partial charge is 0.298 e. The van der Waals surface area contributed by atoms with E-state index in [4.69, 9.17) is 0 Å². The van der Waals surface area contributed by atoms with Gasteiger partial charge in [-0.25, -0.2) is 0 Å². The Kier molecular flexibility index (Phi) is 3.72. The minimum Gasteiger partial charge on any atom is -0.298 e. The number of hydrogen-bond donors (Lipinski definition) is 0. The van der Waals surface area contributed by atoms with Crippen LogP contribution in [0.5, 0.6) is 0 Å². The number of carbonyl (C=O) groups excluding carboxylic acids is 1. The fourth-order valence-corrected chi connectivity index (χ4v) is 2.38. The van der Waals surface area contributed by atoms with Crippen LogP contribution in [0.4, 0.5) is 0 Å². The first-order valence-corrected chi connectivity index (χ1v) is 5.99. The molecule has 1 unspecified atom stereocenters. The lowest BCUT2D eigenvalue weighted by molar-refractivity contribution is -0.123. The molecule has 4 heteroatoms. The number of likely N-dealkylation sites (tertiary alicyclic amines) is 1. The molecular weight excluding hydrogens is 202 g/mol. The summed E-state index contributed by atoms with van der Waals surface area (Å²) < 4.78 is 1.92. The van der Waals surface area contributed by atoms with E-state index in [0.29, 0.717) is 5.78 Å². The third-order valence-corrected chi connectivity index (χ3v) is 3.26. The van der Waals surface area contributed by atoms with Crippen molar-refractivity contribution in [1.29, 1.82) is 0 Å². The van der Waals surface area contributed by atoms with Crippen molar-refractivity contribution in [3.8, 4) is 0 Å². The maximum Gasteiger partial charge on any atom is 0.146 e. The van der Waals surface area contributed by atoms with E-state index in [1.54, 1.807) is 13.1 Å². The SMILES string of the molecule is CC(=O)C1CCCCN1CCn1cccn1. The third kappa shape index (κ3) is 2.70. The van der Waals surface area contributed by atoms with Crippen LogP contribution < -0.4 is 0 Å². The molecule has 1 atom stereocenters. The summed E-state index contributed by atoms with van der Waals surface area (Å²) in [7, 11) is 0. The summed E-state index contributed by atoms with van der Waals surface area (Å²) in [6.07, 6.45) is 7.17. The van der Waals surface area contributed by atoms with Crippen LogP contribution in [-0.2, 0) is 11.3 Å². The van der Waals surface area contributed by atoms with E-state index >= 15 is 0 Å². The topological polar surface area (TPSA) is 38.1 Å². The van der Waals surface area contributed by atoms with E-state index in [1.807, 2.05) is 16.9 Å². The molecule has 0 spiro atoms. The molecule has 0 aromatic carbocycles. The van der Waals surface area contributed by atoms with Crippen LogP contribution in [0.15, 0.2) is 18.5 Å².